The number of rotatable bonds is 8. The molecular formula is C65H54N2S. The molecule has 0 fully saturated rings. The highest BCUT2D eigenvalue weighted by atomic mass is 32.1. The fraction of sp³-hybridized carbons (Fsp3) is 0.0462. The average Bonchev–Trinajstić information content (AvgIpc) is 4.05. The first-order valence-electron chi connectivity index (χ1n) is 23.0. The molecule has 1 spiro atoms. The van der Waals surface area contributed by atoms with E-state index in [1.54, 1.807) is 24.3 Å². The van der Waals surface area contributed by atoms with Crippen LogP contribution in [0.5, 0.6) is 0 Å². The number of thiophene rings is 1. The second kappa shape index (κ2) is 19.7. The molecule has 0 bridgehead atoms. The van der Waals surface area contributed by atoms with Crippen molar-refractivity contribution < 1.29 is 0 Å². The van der Waals surface area contributed by atoms with Crippen LogP contribution in [-0.4, -0.2) is 4.98 Å². The zero-order valence-corrected chi connectivity index (χ0v) is 39.6. The Kier molecular flexibility index (Phi) is 13.0. The summed E-state index contributed by atoms with van der Waals surface area (Å²) >= 11 is 1.87. The molecule has 11 rings (SSSR count). The molecule has 7 aromatic carbocycles. The van der Waals surface area contributed by atoms with E-state index >= 15 is 0 Å². The lowest BCUT2D eigenvalue weighted by Gasteiger charge is -2.33. The maximum absolute atomic E-state index is 4.12. The molecule has 3 heteroatoms. The fourth-order valence-corrected chi connectivity index (χ4v) is 11.0. The highest BCUT2D eigenvalue weighted by molar-refractivity contribution is 7.26. The van der Waals surface area contributed by atoms with E-state index in [-0.39, 0.29) is 0 Å². The van der Waals surface area contributed by atoms with Crippen molar-refractivity contribution in [1.29, 1.82) is 0 Å². The minimum absolute atomic E-state index is 0.504. The van der Waals surface area contributed by atoms with Gasteiger partial charge < -0.3 is 9.88 Å². The third-order valence-corrected chi connectivity index (χ3v) is 14.0. The van der Waals surface area contributed by atoms with Crippen LogP contribution in [0.15, 0.2) is 245 Å². The van der Waals surface area contributed by atoms with E-state index in [0.717, 1.165) is 28.3 Å². The lowest BCUT2D eigenvalue weighted by Crippen LogP contribution is -2.26. The van der Waals surface area contributed by atoms with Gasteiger partial charge in [0.1, 0.15) is 0 Å². The van der Waals surface area contributed by atoms with Gasteiger partial charge in [-0.15, -0.1) is 11.3 Å². The summed E-state index contributed by atoms with van der Waals surface area (Å²) in [7, 11) is 0. The Morgan fingerprint density at radius 3 is 1.88 bits per heavy atom. The molecule has 0 amide bonds. The van der Waals surface area contributed by atoms with Crippen molar-refractivity contribution in [2.24, 2.45) is 0 Å². The summed E-state index contributed by atoms with van der Waals surface area (Å²) < 4.78 is 2.55. The van der Waals surface area contributed by atoms with Gasteiger partial charge in [0, 0.05) is 59.4 Å². The standard InChI is InChI=1S/C57H42N2S.2C4H6/c1-4-16-47-52(5-2)58-53-32-31-46-48-35-41(29-33-54(48)60-56(46)55(47)53)59(40-26-24-39(25-27-40)38-18-9-6-10-19-38)42-28-30-45-44-21-12-14-23-50(44)57(51(45)36-42)34-15-7-8-17-37(3)43-20-11-13-22-49(43)57;2*1-3-4-2/h4-36,58H,2H2,1,3H3;2*3-4H,1-2H2/b8-7-,16-4-,34-15+,37-17+;;. The molecule has 2 aromatic heterocycles. The Labute approximate surface area is 405 Å². The molecule has 1 atom stereocenters. The number of hydrogen-bond acceptors (Lipinski definition) is 2. The summed E-state index contributed by atoms with van der Waals surface area (Å²) in [5, 5.41) is 3.76. The van der Waals surface area contributed by atoms with E-state index < -0.39 is 5.41 Å². The molecular weight excluding hydrogens is 841 g/mol. The van der Waals surface area contributed by atoms with Crippen LogP contribution in [0.3, 0.4) is 0 Å². The third-order valence-electron chi connectivity index (χ3n) is 12.8. The molecule has 2 aliphatic carbocycles. The van der Waals surface area contributed by atoms with E-state index in [0.29, 0.717) is 0 Å². The summed E-state index contributed by atoms with van der Waals surface area (Å²) in [6, 6.07) is 56.3. The number of nitrogens with one attached hydrogen (secondary N) is 1. The number of nitrogens with zero attached hydrogens (tertiary/aromatic N) is 1. The molecule has 68 heavy (non-hydrogen) atoms. The lowest BCUT2D eigenvalue weighted by molar-refractivity contribution is 0.801. The van der Waals surface area contributed by atoms with E-state index in [2.05, 4.69) is 251 Å². The van der Waals surface area contributed by atoms with E-state index in [1.165, 1.54) is 81.2 Å². The first-order valence-corrected chi connectivity index (χ1v) is 23.8. The van der Waals surface area contributed by atoms with Crippen LogP contribution in [0, 0.1) is 0 Å². The van der Waals surface area contributed by atoms with Crippen LogP contribution < -0.4 is 4.90 Å². The number of allylic oxidation sites excluding steroid dienone is 11. The van der Waals surface area contributed by atoms with E-state index in [9.17, 15) is 0 Å². The van der Waals surface area contributed by atoms with Crippen LogP contribution in [0.2, 0.25) is 0 Å². The van der Waals surface area contributed by atoms with Gasteiger partial charge >= 0.3 is 0 Å². The second-order valence-corrected chi connectivity index (χ2v) is 17.8. The van der Waals surface area contributed by atoms with Gasteiger partial charge in [-0.05, 0) is 119 Å². The summed E-state index contributed by atoms with van der Waals surface area (Å²) in [5.41, 5.74) is 17.5. The third kappa shape index (κ3) is 7.97. The highest BCUT2D eigenvalue weighted by Crippen LogP contribution is 2.56. The van der Waals surface area contributed by atoms with Crippen molar-refractivity contribution in [3.8, 4) is 22.3 Å². The van der Waals surface area contributed by atoms with Crippen LogP contribution in [0.25, 0.3) is 71.1 Å². The van der Waals surface area contributed by atoms with Gasteiger partial charge in [-0.1, -0.05) is 203 Å². The zero-order chi connectivity index (χ0) is 47.2. The quantitative estimate of drug-likeness (QED) is 0.151. The first kappa shape index (κ1) is 44.9. The van der Waals surface area contributed by atoms with Crippen LogP contribution in [0.1, 0.15) is 47.4 Å². The van der Waals surface area contributed by atoms with Gasteiger partial charge in [0.2, 0.25) is 0 Å². The Balaban J connectivity index is 0.000000672. The number of H-pyrrole nitrogens is 1. The van der Waals surface area contributed by atoms with Crippen LogP contribution >= 0.6 is 11.3 Å². The first-order chi connectivity index (χ1) is 33.4. The number of fused-ring (bicyclic) bond motifs is 12. The maximum atomic E-state index is 4.12. The molecule has 2 heterocycles. The Hall–Kier alpha value is -8.24. The Bertz CT molecular complexity index is 3490. The molecule has 9 aromatic rings. The SMILES string of the molecule is C=CC=C.C=CC=C.C=Cc1[nH]c2ccc3c4cc(N(c5ccc(-c6ccccc6)cc5)c5ccc6c(c5)C5(/C=C/C=C\C=C(/C)c7ccccc75)c5ccccc5-6)ccc4sc3c2c1/C=C\C. The average molecular weight is 895 g/mol. The smallest absolute Gasteiger partial charge is 0.0653 e. The van der Waals surface area contributed by atoms with Crippen LogP contribution in [-0.2, 0) is 5.41 Å². The van der Waals surface area contributed by atoms with Crippen molar-refractivity contribution in [1.82, 2.24) is 4.98 Å². The molecule has 330 valence electrons. The van der Waals surface area contributed by atoms with Gasteiger partial charge in [0.15, 0.2) is 0 Å². The van der Waals surface area contributed by atoms with Crippen molar-refractivity contribution in [2.75, 3.05) is 4.90 Å². The molecule has 1 N–H and O–H groups in total. The van der Waals surface area contributed by atoms with Gasteiger partial charge in [-0.25, -0.2) is 0 Å². The Morgan fingerprint density at radius 2 is 1.18 bits per heavy atom. The monoisotopic (exact) mass is 894 g/mol. The number of hydrogen-bond donors (Lipinski definition) is 1. The highest BCUT2D eigenvalue weighted by Gasteiger charge is 2.44. The molecule has 2 aliphatic rings. The molecule has 0 saturated heterocycles. The predicted octanol–water partition coefficient (Wildman–Crippen LogP) is 18.9. The van der Waals surface area contributed by atoms with Gasteiger partial charge in [-0.3, -0.25) is 0 Å². The number of aromatic amines is 1. The predicted molar refractivity (Wildman–Crippen MR) is 301 cm³/mol. The molecule has 1 unspecified atom stereocenters. The van der Waals surface area contributed by atoms with E-state index in [1.807, 2.05) is 17.4 Å². The fourth-order valence-electron chi connectivity index (χ4n) is 9.79. The molecule has 0 radical (unpaired) electrons. The van der Waals surface area contributed by atoms with Gasteiger partial charge in [0.05, 0.1) is 5.41 Å². The van der Waals surface area contributed by atoms with Crippen molar-refractivity contribution in [2.45, 2.75) is 19.3 Å². The summed E-state index contributed by atoms with van der Waals surface area (Å²) in [6.45, 7) is 21.9. The topological polar surface area (TPSA) is 19.0 Å². The normalized spacial score (nSPS) is 16.0. The lowest BCUT2D eigenvalue weighted by atomic mass is 9.70. The molecule has 0 saturated carbocycles. The number of aromatic nitrogens is 1. The zero-order valence-electron chi connectivity index (χ0n) is 38.8. The van der Waals surface area contributed by atoms with E-state index in [4.69, 9.17) is 0 Å². The summed E-state index contributed by atoms with van der Waals surface area (Å²) in [6.07, 6.45) is 24.0. The molecule has 2 nitrogen and oxygen atoms in total. The van der Waals surface area contributed by atoms with Crippen molar-refractivity contribution in [3.05, 3.63) is 279 Å². The number of anilines is 3. The minimum Gasteiger partial charge on any atom is -0.354 e. The maximum Gasteiger partial charge on any atom is 0.0653 e. The number of benzene rings is 7. The van der Waals surface area contributed by atoms with Gasteiger partial charge in [0.25, 0.3) is 0 Å². The second-order valence-electron chi connectivity index (χ2n) is 16.7. The molecule has 0 aliphatic heterocycles. The minimum atomic E-state index is -0.504. The van der Waals surface area contributed by atoms with Crippen molar-refractivity contribution >= 4 is 77.2 Å². The Morgan fingerprint density at radius 1 is 0.559 bits per heavy atom. The largest absolute Gasteiger partial charge is 0.354 e. The summed E-state index contributed by atoms with van der Waals surface area (Å²) in [4.78, 5) is 6.06. The van der Waals surface area contributed by atoms with Crippen molar-refractivity contribution in [3.63, 3.8) is 0 Å². The summed E-state index contributed by atoms with van der Waals surface area (Å²) in [5.74, 6) is 0. The van der Waals surface area contributed by atoms with Gasteiger partial charge in [-0.2, -0.15) is 0 Å². The van der Waals surface area contributed by atoms with Crippen LogP contribution in [0.4, 0.5) is 17.1 Å².